The van der Waals surface area contributed by atoms with Crippen LogP contribution in [-0.2, 0) is 0 Å². The summed E-state index contributed by atoms with van der Waals surface area (Å²) in [6, 6.07) is 0. The maximum Gasteiger partial charge on any atom is 0.0803 e. The Balaban J connectivity index is 3.00. The molecule has 1 heteroatoms. The molecule has 0 saturated carbocycles. The normalized spacial score (nSPS) is 26.5. The van der Waals surface area contributed by atoms with Gasteiger partial charge in [-0.25, -0.2) is 0 Å². The minimum atomic E-state index is 0.0741. The smallest absolute Gasteiger partial charge is 0.0803 e. The number of hydrogen-bond donors (Lipinski definition) is 0. The van der Waals surface area contributed by atoms with Crippen LogP contribution >= 0.6 is 0 Å². The molecule has 0 aromatic heterocycles. The fourth-order valence-corrected chi connectivity index (χ4v) is 1.18. The van der Waals surface area contributed by atoms with Gasteiger partial charge in [-0.2, -0.15) is 0 Å². The second-order valence-corrected chi connectivity index (χ2v) is 2.49. The zero-order valence-corrected chi connectivity index (χ0v) is 6.83. The summed E-state index contributed by atoms with van der Waals surface area (Å²) in [6.45, 7) is 2.02. The van der Waals surface area contributed by atoms with Gasteiger partial charge in [-0.15, -0.1) is 6.42 Å². The highest BCUT2D eigenvalue weighted by Crippen LogP contribution is 2.14. The predicted octanol–water partition coefficient (Wildman–Crippen LogP) is 1.82. The van der Waals surface area contributed by atoms with Gasteiger partial charge in [0.1, 0.15) is 0 Å². The molecule has 0 aromatic carbocycles. The van der Waals surface area contributed by atoms with Crippen molar-refractivity contribution in [3.05, 3.63) is 23.8 Å². The maximum atomic E-state index is 5.32. The van der Waals surface area contributed by atoms with Crippen LogP contribution in [0.2, 0.25) is 0 Å². The third-order valence-electron chi connectivity index (χ3n) is 1.77. The standard InChI is InChI=1S/C10H11N/c1-4-9-7-5-6-8(2)10(9)11-3/h1,5-7,9H,2-3H3/b11-10-. The Morgan fingerprint density at radius 2 is 2.36 bits per heavy atom. The van der Waals surface area contributed by atoms with E-state index in [-0.39, 0.29) is 5.92 Å². The van der Waals surface area contributed by atoms with Gasteiger partial charge >= 0.3 is 0 Å². The average Bonchev–Trinajstić information content (AvgIpc) is 2.04. The number of terminal acetylenes is 1. The molecule has 0 heterocycles. The molecule has 56 valence electrons. The van der Waals surface area contributed by atoms with E-state index in [1.165, 1.54) is 0 Å². The topological polar surface area (TPSA) is 12.4 Å². The van der Waals surface area contributed by atoms with Crippen LogP contribution in [-0.4, -0.2) is 12.8 Å². The number of nitrogens with zero attached hydrogens (tertiary/aromatic N) is 1. The Morgan fingerprint density at radius 1 is 1.64 bits per heavy atom. The van der Waals surface area contributed by atoms with Crippen LogP contribution in [0.25, 0.3) is 0 Å². The molecule has 1 rings (SSSR count). The van der Waals surface area contributed by atoms with Crippen molar-refractivity contribution >= 4 is 5.71 Å². The van der Waals surface area contributed by atoms with Gasteiger partial charge in [-0.1, -0.05) is 24.1 Å². The van der Waals surface area contributed by atoms with Crippen molar-refractivity contribution in [1.82, 2.24) is 0 Å². The van der Waals surface area contributed by atoms with E-state index in [9.17, 15) is 0 Å². The van der Waals surface area contributed by atoms with Gasteiger partial charge < -0.3 is 0 Å². The van der Waals surface area contributed by atoms with Gasteiger partial charge in [0.15, 0.2) is 0 Å². The molecule has 1 aliphatic carbocycles. The van der Waals surface area contributed by atoms with Gasteiger partial charge in [-0.05, 0) is 12.5 Å². The van der Waals surface area contributed by atoms with Crippen LogP contribution < -0.4 is 0 Å². The minimum Gasteiger partial charge on any atom is -0.291 e. The summed E-state index contributed by atoms with van der Waals surface area (Å²) in [5, 5.41) is 0. The first-order valence-electron chi connectivity index (χ1n) is 3.58. The zero-order chi connectivity index (χ0) is 8.27. The summed E-state index contributed by atoms with van der Waals surface area (Å²) in [7, 11) is 1.77. The van der Waals surface area contributed by atoms with Crippen molar-refractivity contribution < 1.29 is 0 Å². The Kier molecular flexibility index (Phi) is 2.28. The maximum absolute atomic E-state index is 5.32. The average molecular weight is 145 g/mol. The van der Waals surface area contributed by atoms with Crippen molar-refractivity contribution in [3.8, 4) is 12.3 Å². The van der Waals surface area contributed by atoms with E-state index < -0.39 is 0 Å². The number of hydrogen-bond acceptors (Lipinski definition) is 1. The largest absolute Gasteiger partial charge is 0.291 e. The molecule has 0 fully saturated rings. The first-order valence-corrected chi connectivity index (χ1v) is 3.58. The summed E-state index contributed by atoms with van der Waals surface area (Å²) in [5.41, 5.74) is 2.17. The van der Waals surface area contributed by atoms with Gasteiger partial charge in [0, 0.05) is 7.05 Å². The Labute approximate surface area is 67.5 Å². The Morgan fingerprint density at radius 3 is 2.82 bits per heavy atom. The Bertz CT molecular complexity index is 274. The monoisotopic (exact) mass is 145 g/mol. The second kappa shape index (κ2) is 3.21. The predicted molar refractivity (Wildman–Crippen MR) is 48.6 cm³/mol. The van der Waals surface area contributed by atoms with E-state index in [1.807, 2.05) is 25.2 Å². The number of aliphatic imine (C=N–C) groups is 1. The van der Waals surface area contributed by atoms with E-state index in [4.69, 9.17) is 6.42 Å². The summed E-state index contributed by atoms with van der Waals surface area (Å²) >= 11 is 0. The van der Waals surface area contributed by atoms with Crippen LogP contribution in [0.1, 0.15) is 6.92 Å². The summed E-state index contributed by atoms with van der Waals surface area (Å²) in [6.07, 6.45) is 11.3. The molecule has 0 aliphatic heterocycles. The van der Waals surface area contributed by atoms with E-state index >= 15 is 0 Å². The second-order valence-electron chi connectivity index (χ2n) is 2.49. The van der Waals surface area contributed by atoms with Crippen molar-refractivity contribution in [2.24, 2.45) is 10.9 Å². The Hall–Kier alpha value is -1.29. The fraction of sp³-hybridized carbons (Fsp3) is 0.300. The lowest BCUT2D eigenvalue weighted by molar-refractivity contribution is 1.14. The molecule has 0 N–H and O–H groups in total. The van der Waals surface area contributed by atoms with E-state index in [1.54, 1.807) is 7.05 Å². The summed E-state index contributed by atoms with van der Waals surface area (Å²) in [5.74, 6) is 2.75. The third kappa shape index (κ3) is 1.40. The van der Waals surface area contributed by atoms with Crippen LogP contribution in [0.15, 0.2) is 28.8 Å². The first-order chi connectivity index (χ1) is 5.29. The molecule has 0 spiro atoms. The van der Waals surface area contributed by atoms with Crippen LogP contribution in [0, 0.1) is 18.3 Å². The highest BCUT2D eigenvalue weighted by Gasteiger charge is 2.12. The third-order valence-corrected chi connectivity index (χ3v) is 1.77. The quantitative estimate of drug-likeness (QED) is 0.461. The lowest BCUT2D eigenvalue weighted by atomic mass is 9.93. The van der Waals surface area contributed by atoms with Crippen LogP contribution in [0.4, 0.5) is 0 Å². The van der Waals surface area contributed by atoms with Crippen LogP contribution in [0.3, 0.4) is 0 Å². The van der Waals surface area contributed by atoms with E-state index in [0.29, 0.717) is 0 Å². The first kappa shape index (κ1) is 7.81. The molecular formula is C10H11N. The molecule has 0 saturated heterocycles. The van der Waals surface area contributed by atoms with Gasteiger partial charge in [0.25, 0.3) is 0 Å². The molecule has 1 nitrogen and oxygen atoms in total. The molecule has 0 bridgehead atoms. The lowest BCUT2D eigenvalue weighted by Gasteiger charge is -2.13. The van der Waals surface area contributed by atoms with Gasteiger partial charge in [-0.3, -0.25) is 4.99 Å². The number of rotatable bonds is 0. The molecule has 1 aliphatic rings. The zero-order valence-electron chi connectivity index (χ0n) is 6.83. The summed E-state index contributed by atoms with van der Waals surface area (Å²) < 4.78 is 0. The highest BCUT2D eigenvalue weighted by atomic mass is 14.7. The molecular weight excluding hydrogens is 134 g/mol. The minimum absolute atomic E-state index is 0.0741. The molecule has 0 amide bonds. The van der Waals surface area contributed by atoms with Crippen molar-refractivity contribution in [3.63, 3.8) is 0 Å². The van der Waals surface area contributed by atoms with Crippen molar-refractivity contribution in [1.29, 1.82) is 0 Å². The highest BCUT2D eigenvalue weighted by molar-refractivity contribution is 6.05. The van der Waals surface area contributed by atoms with E-state index in [2.05, 4.69) is 10.9 Å². The van der Waals surface area contributed by atoms with Gasteiger partial charge in [0.05, 0.1) is 11.6 Å². The molecule has 1 atom stereocenters. The summed E-state index contributed by atoms with van der Waals surface area (Å²) in [4.78, 5) is 4.14. The molecule has 1 unspecified atom stereocenters. The van der Waals surface area contributed by atoms with Crippen LogP contribution in [0.5, 0.6) is 0 Å². The molecule has 0 radical (unpaired) electrons. The van der Waals surface area contributed by atoms with Crippen molar-refractivity contribution in [2.45, 2.75) is 6.92 Å². The molecule has 0 aromatic rings. The lowest BCUT2D eigenvalue weighted by Crippen LogP contribution is -2.14. The SMILES string of the molecule is C#CC1C=CC=C(C)/C1=N/C. The van der Waals surface area contributed by atoms with Gasteiger partial charge in [0.2, 0.25) is 0 Å². The fourth-order valence-electron chi connectivity index (χ4n) is 1.18. The van der Waals surface area contributed by atoms with E-state index in [0.717, 1.165) is 11.3 Å². The van der Waals surface area contributed by atoms with Crippen molar-refractivity contribution in [2.75, 3.05) is 7.05 Å². The number of allylic oxidation sites excluding steroid dienone is 4. The molecule has 11 heavy (non-hydrogen) atoms.